The molecule has 4 rings (SSSR count). The van der Waals surface area contributed by atoms with Gasteiger partial charge in [-0.05, 0) is 25.7 Å². The van der Waals surface area contributed by atoms with Crippen molar-refractivity contribution in [1.29, 1.82) is 0 Å². The molecular weight excluding hydrogens is 437 g/mol. The summed E-state index contributed by atoms with van der Waals surface area (Å²) in [5, 5.41) is 4.71. The van der Waals surface area contributed by atoms with Crippen LogP contribution in [0.3, 0.4) is 0 Å². The summed E-state index contributed by atoms with van der Waals surface area (Å²) in [5.41, 5.74) is 4.95. The smallest absolute Gasteiger partial charge is 0.0391 e. The number of hydrogen-bond donors (Lipinski definition) is 0. The molecule has 1 aliphatic carbocycles. The van der Waals surface area contributed by atoms with Crippen LogP contribution in [-0.4, -0.2) is 22.2 Å². The van der Waals surface area contributed by atoms with Gasteiger partial charge in [0.05, 0.1) is 0 Å². The minimum absolute atomic E-state index is 0. The largest absolute Gasteiger partial charge is 0.657 e. The number of rotatable bonds is 5. The number of nitrogens with zero attached hydrogens (tertiary/aromatic N) is 4. The van der Waals surface area contributed by atoms with Crippen LogP contribution in [0.5, 0.6) is 0 Å². The van der Waals surface area contributed by atoms with Crippen molar-refractivity contribution in [3.05, 3.63) is 121 Å². The summed E-state index contributed by atoms with van der Waals surface area (Å²) >= 11 is 0. The Morgan fingerprint density at radius 2 is 1.48 bits per heavy atom. The molecule has 4 nitrogen and oxygen atoms in total. The zero-order chi connectivity index (χ0) is 22.9. The van der Waals surface area contributed by atoms with Crippen molar-refractivity contribution in [1.82, 2.24) is 9.97 Å². The molecule has 0 aliphatic heterocycles. The van der Waals surface area contributed by atoms with Gasteiger partial charge in [0.1, 0.15) is 0 Å². The minimum atomic E-state index is 0. The van der Waals surface area contributed by atoms with Crippen molar-refractivity contribution in [2.24, 2.45) is 4.99 Å². The Balaban J connectivity index is 0.000000298. The average molecular weight is 471 g/mol. The Morgan fingerprint density at radius 1 is 0.879 bits per heavy atom. The molecule has 1 aromatic carbocycles. The second kappa shape index (κ2) is 17.8. The molecule has 0 saturated carbocycles. The predicted octanol–water partition coefficient (Wildman–Crippen LogP) is 7.53. The molecule has 33 heavy (non-hydrogen) atoms. The van der Waals surface area contributed by atoms with E-state index in [2.05, 4.69) is 36.8 Å². The fourth-order valence-corrected chi connectivity index (χ4v) is 2.83. The van der Waals surface area contributed by atoms with Crippen molar-refractivity contribution in [2.45, 2.75) is 39.0 Å². The van der Waals surface area contributed by atoms with Gasteiger partial charge in [0, 0.05) is 50.5 Å². The van der Waals surface area contributed by atoms with Gasteiger partial charge < -0.3 is 5.32 Å². The van der Waals surface area contributed by atoms with Crippen LogP contribution < -0.4 is 0 Å². The van der Waals surface area contributed by atoms with Crippen LogP contribution in [0.2, 0.25) is 0 Å². The fourth-order valence-electron chi connectivity index (χ4n) is 2.83. The standard InChI is InChI=1S/C16H21N2.2C6H6N.Sc/c1-2-3-13-17-15-11-7-8-12-16(15)18-14-9-5-4-6-10-14;2*1-6-4-2-3-5-7-6;/h4-6,9-10,12H,2-3,7-8,11,13H2,1H3;2*2-5H,1H2;/q3*-1;. The fraction of sp³-hybridized carbons (Fsp3) is 0.250. The van der Waals surface area contributed by atoms with E-state index < -0.39 is 0 Å². The molecule has 2 aromatic heterocycles. The quantitative estimate of drug-likeness (QED) is 0.286. The van der Waals surface area contributed by atoms with Crippen molar-refractivity contribution >= 4 is 11.4 Å². The van der Waals surface area contributed by atoms with Gasteiger partial charge in [0.25, 0.3) is 0 Å². The number of aromatic nitrogens is 2. The molecule has 0 spiro atoms. The molecule has 3 aromatic rings. The van der Waals surface area contributed by atoms with E-state index in [0.29, 0.717) is 0 Å². The van der Waals surface area contributed by atoms with E-state index in [1.807, 2.05) is 66.7 Å². The van der Waals surface area contributed by atoms with Crippen LogP contribution in [0, 0.1) is 13.8 Å². The maximum atomic E-state index is 4.71. The third-order valence-electron chi connectivity index (χ3n) is 4.52. The number of unbranched alkanes of at least 4 members (excludes halogenated alkanes) is 1. The second-order valence-electron chi connectivity index (χ2n) is 7.25. The molecule has 0 amide bonds. The summed E-state index contributed by atoms with van der Waals surface area (Å²) in [7, 11) is 0. The van der Waals surface area contributed by atoms with Gasteiger partial charge in [0.15, 0.2) is 0 Å². The van der Waals surface area contributed by atoms with Gasteiger partial charge in [-0.15, -0.1) is 34.9 Å². The van der Waals surface area contributed by atoms with E-state index in [0.717, 1.165) is 42.2 Å². The van der Waals surface area contributed by atoms with E-state index >= 15 is 0 Å². The Labute approximate surface area is 218 Å². The number of hydrogen-bond acceptors (Lipinski definition) is 3. The SMILES string of the molecule is CCCCN=C1CCCC=C1[N-]c1ccccc1.[CH2-]c1ccccn1.[CH2-]c1ccccn1.[Sc]. The number of pyridine rings is 2. The number of allylic oxidation sites excluding steroid dienone is 2. The van der Waals surface area contributed by atoms with Gasteiger partial charge in [-0.1, -0.05) is 61.9 Å². The number of para-hydroxylation sites is 1. The molecular formula is C28H33N4Sc-3. The average Bonchev–Trinajstić information content (AvgIpc) is 2.83. The van der Waals surface area contributed by atoms with E-state index in [1.54, 1.807) is 12.4 Å². The van der Waals surface area contributed by atoms with Crippen LogP contribution in [0.1, 0.15) is 50.4 Å². The first kappa shape index (κ1) is 28.4. The molecule has 0 fully saturated rings. The second-order valence-corrected chi connectivity index (χ2v) is 7.25. The molecule has 171 valence electrons. The summed E-state index contributed by atoms with van der Waals surface area (Å²) in [5.74, 6) is 0. The molecule has 0 N–H and O–H groups in total. The number of benzene rings is 1. The van der Waals surface area contributed by atoms with E-state index in [1.165, 1.54) is 25.0 Å². The van der Waals surface area contributed by atoms with Gasteiger partial charge in [0.2, 0.25) is 0 Å². The first-order chi connectivity index (χ1) is 15.7. The van der Waals surface area contributed by atoms with Crippen molar-refractivity contribution in [3.63, 3.8) is 0 Å². The molecule has 0 unspecified atom stereocenters. The zero-order valence-corrected chi connectivity index (χ0v) is 21.4. The van der Waals surface area contributed by atoms with Crippen molar-refractivity contribution in [2.75, 3.05) is 6.54 Å². The van der Waals surface area contributed by atoms with Crippen LogP contribution >= 0.6 is 0 Å². The maximum absolute atomic E-state index is 4.71. The third kappa shape index (κ3) is 12.8. The van der Waals surface area contributed by atoms with E-state index in [-0.39, 0.29) is 25.8 Å². The molecule has 2 heterocycles. The van der Waals surface area contributed by atoms with E-state index in [4.69, 9.17) is 10.3 Å². The Bertz CT molecular complexity index is 888. The predicted molar refractivity (Wildman–Crippen MR) is 136 cm³/mol. The van der Waals surface area contributed by atoms with Gasteiger partial charge in [-0.2, -0.15) is 12.1 Å². The summed E-state index contributed by atoms with van der Waals surface area (Å²) in [6.07, 6.45) is 11.4. The first-order valence-electron chi connectivity index (χ1n) is 11.2. The zero-order valence-electron chi connectivity index (χ0n) is 19.6. The maximum Gasteiger partial charge on any atom is 0.0391 e. The van der Waals surface area contributed by atoms with Crippen LogP contribution in [0.15, 0.2) is 95.9 Å². The van der Waals surface area contributed by atoms with Crippen LogP contribution in [-0.2, 0) is 25.8 Å². The van der Waals surface area contributed by atoms with Crippen molar-refractivity contribution in [3.8, 4) is 0 Å². The van der Waals surface area contributed by atoms with Gasteiger partial charge in [-0.3, -0.25) is 15.0 Å². The van der Waals surface area contributed by atoms with E-state index in [9.17, 15) is 0 Å². The van der Waals surface area contributed by atoms with Crippen LogP contribution in [0.4, 0.5) is 5.69 Å². The molecule has 0 atom stereocenters. The Morgan fingerprint density at radius 3 is 1.97 bits per heavy atom. The Hall–Kier alpha value is -2.66. The molecule has 5 heteroatoms. The van der Waals surface area contributed by atoms with Crippen LogP contribution in [0.25, 0.3) is 5.32 Å². The summed E-state index contributed by atoms with van der Waals surface area (Å²) in [6, 6.07) is 21.4. The van der Waals surface area contributed by atoms with Gasteiger partial charge >= 0.3 is 0 Å². The molecule has 1 aliphatic rings. The molecule has 0 bridgehead atoms. The topological polar surface area (TPSA) is 52.2 Å². The summed E-state index contributed by atoms with van der Waals surface area (Å²) in [6.45, 7) is 10.4. The van der Waals surface area contributed by atoms with Crippen molar-refractivity contribution < 1.29 is 25.8 Å². The molecule has 0 saturated heterocycles. The summed E-state index contributed by atoms with van der Waals surface area (Å²) < 4.78 is 0. The first-order valence-corrected chi connectivity index (χ1v) is 11.2. The Kier molecular flexibility index (Phi) is 15.3. The number of aliphatic imine (C=N–C) groups is 1. The summed E-state index contributed by atoms with van der Waals surface area (Å²) in [4.78, 5) is 12.4. The van der Waals surface area contributed by atoms with Gasteiger partial charge in [-0.25, -0.2) is 13.8 Å². The monoisotopic (exact) mass is 470 g/mol. The minimum Gasteiger partial charge on any atom is -0.657 e. The third-order valence-corrected chi connectivity index (χ3v) is 4.52. The normalized spacial score (nSPS) is 13.2. The molecule has 1 radical (unpaired) electrons.